The third kappa shape index (κ3) is 8.44. The summed E-state index contributed by atoms with van der Waals surface area (Å²) >= 11 is 6.06. The van der Waals surface area contributed by atoms with Gasteiger partial charge in [-0.15, -0.1) is 0 Å². The number of hydrogen-bond acceptors (Lipinski definition) is 3. The third-order valence-electron chi connectivity index (χ3n) is 3.33. The fourth-order valence-corrected chi connectivity index (χ4v) is 3.18. The number of sulfone groups is 1. The van der Waals surface area contributed by atoms with E-state index in [0.717, 1.165) is 24.5 Å². The van der Waals surface area contributed by atoms with Gasteiger partial charge in [0.2, 0.25) is 0 Å². The minimum atomic E-state index is -2.89. The van der Waals surface area contributed by atoms with Crippen molar-refractivity contribution in [2.24, 2.45) is 5.92 Å². The van der Waals surface area contributed by atoms with Gasteiger partial charge in [-0.1, -0.05) is 37.6 Å². The molecule has 1 rings (SSSR count). The van der Waals surface area contributed by atoms with Crippen LogP contribution in [0.2, 0.25) is 5.02 Å². The highest BCUT2D eigenvalue weighted by Crippen LogP contribution is 2.23. The summed E-state index contributed by atoms with van der Waals surface area (Å²) in [7, 11) is -2.89. The van der Waals surface area contributed by atoms with E-state index in [1.807, 2.05) is 18.2 Å². The molecule has 0 aromatic heterocycles. The normalized spacial score (nSPS) is 13.6. The molecule has 3 nitrogen and oxygen atoms in total. The second-order valence-electron chi connectivity index (χ2n) is 6.08. The molecule has 0 aliphatic carbocycles. The number of benzene rings is 1. The largest absolute Gasteiger partial charge is 0.316 e. The van der Waals surface area contributed by atoms with Crippen LogP contribution >= 0.6 is 11.6 Å². The molecule has 0 aliphatic rings. The molecular weight excluding hydrogens is 306 g/mol. The average molecular weight is 332 g/mol. The maximum atomic E-state index is 11.3. The SMILES string of the molecule is CC(C)CNCC(CCCS(C)(=O)=O)c1cccc(Cl)c1. The first-order valence-corrected chi connectivity index (χ1v) is 9.85. The van der Waals surface area contributed by atoms with Crippen LogP contribution in [0.4, 0.5) is 0 Å². The van der Waals surface area contributed by atoms with Crippen molar-refractivity contribution >= 4 is 21.4 Å². The van der Waals surface area contributed by atoms with Gasteiger partial charge < -0.3 is 5.32 Å². The van der Waals surface area contributed by atoms with Crippen LogP contribution in [0, 0.1) is 5.92 Å². The fraction of sp³-hybridized carbons (Fsp3) is 0.625. The smallest absolute Gasteiger partial charge is 0.147 e. The average Bonchev–Trinajstić information content (AvgIpc) is 2.35. The lowest BCUT2D eigenvalue weighted by Gasteiger charge is -2.19. The molecule has 21 heavy (non-hydrogen) atoms. The van der Waals surface area contributed by atoms with Crippen LogP contribution < -0.4 is 5.32 Å². The van der Waals surface area contributed by atoms with E-state index < -0.39 is 9.84 Å². The molecule has 1 atom stereocenters. The molecule has 0 bridgehead atoms. The Morgan fingerprint density at radius 2 is 1.95 bits per heavy atom. The van der Waals surface area contributed by atoms with Crippen molar-refractivity contribution in [1.82, 2.24) is 5.32 Å². The van der Waals surface area contributed by atoms with Crippen molar-refractivity contribution < 1.29 is 8.42 Å². The highest BCUT2D eigenvalue weighted by atomic mass is 35.5. The molecule has 120 valence electrons. The Morgan fingerprint density at radius 1 is 1.24 bits per heavy atom. The van der Waals surface area contributed by atoms with Gasteiger partial charge in [0.15, 0.2) is 0 Å². The molecule has 0 fully saturated rings. The van der Waals surface area contributed by atoms with E-state index in [1.54, 1.807) is 0 Å². The monoisotopic (exact) mass is 331 g/mol. The summed E-state index contributed by atoms with van der Waals surface area (Å²) in [5.74, 6) is 1.14. The topological polar surface area (TPSA) is 46.2 Å². The minimum Gasteiger partial charge on any atom is -0.316 e. The van der Waals surface area contributed by atoms with Crippen molar-refractivity contribution in [1.29, 1.82) is 0 Å². The molecule has 0 saturated heterocycles. The fourth-order valence-electron chi connectivity index (χ4n) is 2.29. The maximum absolute atomic E-state index is 11.3. The molecule has 0 spiro atoms. The van der Waals surface area contributed by atoms with E-state index in [9.17, 15) is 8.42 Å². The van der Waals surface area contributed by atoms with Crippen molar-refractivity contribution in [2.45, 2.75) is 32.6 Å². The van der Waals surface area contributed by atoms with Crippen molar-refractivity contribution in [3.8, 4) is 0 Å². The predicted octanol–water partition coefficient (Wildman–Crippen LogP) is 3.49. The van der Waals surface area contributed by atoms with Gasteiger partial charge in [0.05, 0.1) is 0 Å². The zero-order valence-electron chi connectivity index (χ0n) is 13.1. The Balaban J connectivity index is 2.65. The van der Waals surface area contributed by atoms with E-state index >= 15 is 0 Å². The van der Waals surface area contributed by atoms with Crippen molar-refractivity contribution in [3.63, 3.8) is 0 Å². The Labute approximate surface area is 134 Å². The molecule has 0 saturated carbocycles. The van der Waals surface area contributed by atoms with Crippen LogP contribution in [0.3, 0.4) is 0 Å². The second-order valence-corrected chi connectivity index (χ2v) is 8.77. The van der Waals surface area contributed by atoms with Crippen molar-refractivity contribution in [3.05, 3.63) is 34.9 Å². The Hall–Kier alpha value is -0.580. The predicted molar refractivity (Wildman–Crippen MR) is 90.8 cm³/mol. The van der Waals surface area contributed by atoms with Crippen LogP contribution in [0.25, 0.3) is 0 Å². The van der Waals surface area contributed by atoms with Crippen molar-refractivity contribution in [2.75, 3.05) is 25.1 Å². The van der Waals surface area contributed by atoms with E-state index in [0.29, 0.717) is 18.3 Å². The standard InChI is InChI=1S/C16H26ClNO2S/c1-13(2)11-18-12-15(7-5-9-21(3,19)20)14-6-4-8-16(17)10-14/h4,6,8,10,13,15,18H,5,7,9,11-12H2,1-3H3. The molecule has 0 radical (unpaired) electrons. The van der Waals surface area contributed by atoms with Gasteiger partial charge in [0.1, 0.15) is 9.84 Å². The summed E-state index contributed by atoms with van der Waals surface area (Å²) in [6, 6.07) is 7.85. The van der Waals surface area contributed by atoms with Crippen LogP contribution in [-0.2, 0) is 9.84 Å². The van der Waals surface area contributed by atoms with Crippen LogP contribution in [-0.4, -0.2) is 33.5 Å². The molecule has 1 aromatic rings. The maximum Gasteiger partial charge on any atom is 0.147 e. The first kappa shape index (κ1) is 18.5. The first-order chi connectivity index (χ1) is 9.78. The van der Waals surface area contributed by atoms with Gasteiger partial charge in [0, 0.05) is 23.6 Å². The van der Waals surface area contributed by atoms with Gasteiger partial charge in [-0.05, 0) is 48.9 Å². The minimum absolute atomic E-state index is 0.244. The molecule has 1 aromatic carbocycles. The Morgan fingerprint density at radius 3 is 2.52 bits per heavy atom. The summed E-state index contributed by atoms with van der Waals surface area (Å²) in [5.41, 5.74) is 1.17. The van der Waals surface area contributed by atoms with Gasteiger partial charge >= 0.3 is 0 Å². The van der Waals surface area contributed by atoms with Gasteiger partial charge in [-0.3, -0.25) is 0 Å². The molecular formula is C16H26ClNO2S. The number of halogens is 1. The van der Waals surface area contributed by atoms with Crippen LogP contribution in [0.5, 0.6) is 0 Å². The first-order valence-electron chi connectivity index (χ1n) is 7.42. The number of hydrogen-bond donors (Lipinski definition) is 1. The highest BCUT2D eigenvalue weighted by Gasteiger charge is 2.13. The van der Waals surface area contributed by atoms with E-state index in [-0.39, 0.29) is 5.75 Å². The lowest BCUT2D eigenvalue weighted by Crippen LogP contribution is -2.25. The summed E-state index contributed by atoms with van der Waals surface area (Å²) in [5, 5.41) is 4.18. The molecule has 5 heteroatoms. The van der Waals surface area contributed by atoms with Gasteiger partial charge in [0.25, 0.3) is 0 Å². The summed E-state index contributed by atoms with van der Waals surface area (Å²) in [4.78, 5) is 0. The summed E-state index contributed by atoms with van der Waals surface area (Å²) in [6.07, 6.45) is 2.82. The number of nitrogens with one attached hydrogen (secondary N) is 1. The second kappa shape index (κ2) is 8.76. The van der Waals surface area contributed by atoms with Gasteiger partial charge in [-0.2, -0.15) is 0 Å². The van der Waals surface area contributed by atoms with Gasteiger partial charge in [-0.25, -0.2) is 8.42 Å². The highest BCUT2D eigenvalue weighted by molar-refractivity contribution is 7.90. The molecule has 1 unspecified atom stereocenters. The molecule has 0 aliphatic heterocycles. The zero-order valence-corrected chi connectivity index (χ0v) is 14.7. The molecule has 0 heterocycles. The van der Waals surface area contributed by atoms with E-state index in [1.165, 1.54) is 11.8 Å². The quantitative estimate of drug-likeness (QED) is 0.753. The number of rotatable bonds is 9. The van der Waals surface area contributed by atoms with Crippen LogP contribution in [0.15, 0.2) is 24.3 Å². The Bertz CT molecular complexity index is 529. The molecule has 0 amide bonds. The lowest BCUT2D eigenvalue weighted by molar-refractivity contribution is 0.497. The van der Waals surface area contributed by atoms with E-state index in [2.05, 4.69) is 25.2 Å². The summed E-state index contributed by atoms with van der Waals surface area (Å²) in [6.45, 7) is 6.15. The Kier molecular flexibility index (Phi) is 7.71. The third-order valence-corrected chi connectivity index (χ3v) is 4.60. The molecule has 1 N–H and O–H groups in total. The van der Waals surface area contributed by atoms with E-state index in [4.69, 9.17) is 11.6 Å². The lowest BCUT2D eigenvalue weighted by atomic mass is 9.94. The summed E-state index contributed by atoms with van der Waals surface area (Å²) < 4.78 is 22.5. The van der Waals surface area contributed by atoms with Crippen LogP contribution in [0.1, 0.15) is 38.2 Å². The zero-order chi connectivity index (χ0) is 15.9.